The number of aryl methyl sites for hydroxylation is 2. The molecule has 0 unspecified atom stereocenters. The molecule has 2 heterocycles. The van der Waals surface area contributed by atoms with Gasteiger partial charge in [0.1, 0.15) is 17.0 Å². The van der Waals surface area contributed by atoms with Crippen molar-refractivity contribution in [2.45, 2.75) is 20.0 Å². The highest BCUT2D eigenvalue weighted by atomic mass is 19.4. The van der Waals surface area contributed by atoms with Gasteiger partial charge in [-0.1, -0.05) is 24.3 Å². The molecule has 3 rings (SSSR count). The molecule has 0 aliphatic heterocycles. The second kappa shape index (κ2) is 6.20. The summed E-state index contributed by atoms with van der Waals surface area (Å²) >= 11 is 0. The lowest BCUT2D eigenvalue weighted by Gasteiger charge is -2.08. The van der Waals surface area contributed by atoms with E-state index in [0.29, 0.717) is 16.8 Å². The number of phenols is 1. The van der Waals surface area contributed by atoms with Crippen molar-refractivity contribution in [3.8, 4) is 5.75 Å². The monoisotopic (exact) mass is 344 g/mol. The van der Waals surface area contributed by atoms with Crippen LogP contribution in [0.3, 0.4) is 0 Å². The van der Waals surface area contributed by atoms with Crippen molar-refractivity contribution in [3.05, 3.63) is 64.6 Å². The molecule has 0 spiro atoms. The summed E-state index contributed by atoms with van der Waals surface area (Å²) in [7, 11) is 0. The Balaban J connectivity index is 1.92. The number of hydrogen-bond acceptors (Lipinski definition) is 3. The standard InChI is InChI=1S/C19H15F3N2O/c1-11-9-12(2)18(25)17-15(11)7-6-14(24-17)5-3-13-4-8-16(23-10-13)19(20,21)22/h3-10,25H,1-2H3. The van der Waals surface area contributed by atoms with Gasteiger partial charge >= 0.3 is 6.18 Å². The zero-order valence-corrected chi connectivity index (χ0v) is 13.6. The van der Waals surface area contributed by atoms with E-state index in [-0.39, 0.29) is 5.75 Å². The number of rotatable bonds is 2. The Morgan fingerprint density at radius 1 is 1.00 bits per heavy atom. The van der Waals surface area contributed by atoms with Gasteiger partial charge in [0.15, 0.2) is 0 Å². The Labute approximate surface area is 142 Å². The second-order valence-electron chi connectivity index (χ2n) is 5.80. The number of hydrogen-bond donors (Lipinski definition) is 1. The molecule has 1 aromatic carbocycles. The van der Waals surface area contributed by atoms with E-state index in [9.17, 15) is 18.3 Å². The number of halogens is 3. The van der Waals surface area contributed by atoms with E-state index in [1.165, 1.54) is 6.07 Å². The van der Waals surface area contributed by atoms with Gasteiger partial charge in [-0.2, -0.15) is 13.2 Å². The van der Waals surface area contributed by atoms with Gasteiger partial charge in [0, 0.05) is 11.6 Å². The summed E-state index contributed by atoms with van der Waals surface area (Å²) in [5.74, 6) is 0.132. The van der Waals surface area contributed by atoms with Gasteiger partial charge in [-0.3, -0.25) is 4.98 Å². The molecule has 0 atom stereocenters. The average molecular weight is 344 g/mol. The van der Waals surface area contributed by atoms with Crippen LogP contribution in [0.15, 0.2) is 36.5 Å². The van der Waals surface area contributed by atoms with Gasteiger partial charge in [-0.15, -0.1) is 0 Å². The summed E-state index contributed by atoms with van der Waals surface area (Å²) in [6.45, 7) is 3.75. The molecular weight excluding hydrogens is 329 g/mol. The van der Waals surface area contributed by atoms with E-state index in [1.807, 2.05) is 19.1 Å². The number of benzene rings is 1. The molecule has 128 valence electrons. The smallest absolute Gasteiger partial charge is 0.433 e. The topological polar surface area (TPSA) is 46.0 Å². The summed E-state index contributed by atoms with van der Waals surface area (Å²) < 4.78 is 37.5. The molecule has 2 aromatic heterocycles. The largest absolute Gasteiger partial charge is 0.505 e. The Kier molecular flexibility index (Phi) is 4.20. The summed E-state index contributed by atoms with van der Waals surface area (Å²) in [4.78, 5) is 7.84. The molecule has 0 bridgehead atoms. The maximum atomic E-state index is 12.5. The van der Waals surface area contributed by atoms with Crippen LogP contribution in [0.2, 0.25) is 0 Å². The first kappa shape index (κ1) is 17.0. The van der Waals surface area contributed by atoms with Crippen LogP contribution in [0.25, 0.3) is 23.1 Å². The van der Waals surface area contributed by atoms with E-state index in [4.69, 9.17) is 0 Å². The highest BCUT2D eigenvalue weighted by Crippen LogP contribution is 2.30. The third-order valence-electron chi connectivity index (χ3n) is 3.90. The minimum Gasteiger partial charge on any atom is -0.505 e. The van der Waals surface area contributed by atoms with Crippen molar-refractivity contribution < 1.29 is 18.3 Å². The Morgan fingerprint density at radius 3 is 2.40 bits per heavy atom. The molecule has 0 amide bonds. The molecule has 0 saturated heterocycles. The van der Waals surface area contributed by atoms with Crippen molar-refractivity contribution >= 4 is 23.1 Å². The van der Waals surface area contributed by atoms with Gasteiger partial charge in [-0.05, 0) is 48.7 Å². The van der Waals surface area contributed by atoms with Crippen molar-refractivity contribution in [2.24, 2.45) is 0 Å². The molecule has 3 nitrogen and oxygen atoms in total. The molecule has 0 aliphatic carbocycles. The van der Waals surface area contributed by atoms with Crippen molar-refractivity contribution in [1.82, 2.24) is 9.97 Å². The lowest BCUT2D eigenvalue weighted by molar-refractivity contribution is -0.141. The van der Waals surface area contributed by atoms with E-state index in [2.05, 4.69) is 9.97 Å². The minimum absolute atomic E-state index is 0.132. The van der Waals surface area contributed by atoms with Crippen LogP contribution in [-0.4, -0.2) is 15.1 Å². The highest BCUT2D eigenvalue weighted by Gasteiger charge is 2.31. The van der Waals surface area contributed by atoms with E-state index in [0.717, 1.165) is 28.8 Å². The van der Waals surface area contributed by atoms with Gasteiger partial charge < -0.3 is 5.11 Å². The number of phenolic OH excluding ortho intramolecular Hbond substituents is 1. The zero-order chi connectivity index (χ0) is 18.2. The quantitative estimate of drug-likeness (QED) is 0.700. The third kappa shape index (κ3) is 3.47. The van der Waals surface area contributed by atoms with E-state index < -0.39 is 11.9 Å². The van der Waals surface area contributed by atoms with Crippen LogP contribution >= 0.6 is 0 Å². The number of aromatic hydroxyl groups is 1. The Hall–Kier alpha value is -2.89. The second-order valence-corrected chi connectivity index (χ2v) is 5.80. The maximum absolute atomic E-state index is 12.5. The molecule has 1 N–H and O–H groups in total. The first-order valence-corrected chi connectivity index (χ1v) is 7.57. The van der Waals surface area contributed by atoms with E-state index in [1.54, 1.807) is 25.1 Å². The molecule has 0 radical (unpaired) electrons. The summed E-state index contributed by atoms with van der Waals surface area (Å²) in [5.41, 5.74) is 2.45. The summed E-state index contributed by atoms with van der Waals surface area (Å²) in [6, 6.07) is 7.83. The summed E-state index contributed by atoms with van der Waals surface area (Å²) in [5, 5.41) is 11.1. The highest BCUT2D eigenvalue weighted by molar-refractivity contribution is 5.89. The van der Waals surface area contributed by atoms with Crippen molar-refractivity contribution in [3.63, 3.8) is 0 Å². The SMILES string of the molecule is Cc1cc(C)c2ccc(C=Cc3ccc(C(F)(F)F)nc3)nc2c1O. The van der Waals surface area contributed by atoms with Crippen LogP contribution in [0.5, 0.6) is 5.75 Å². The molecule has 0 aliphatic rings. The fourth-order valence-corrected chi connectivity index (χ4v) is 2.58. The van der Waals surface area contributed by atoms with Gasteiger partial charge in [0.05, 0.1) is 5.69 Å². The van der Waals surface area contributed by atoms with Crippen LogP contribution in [0.1, 0.15) is 28.1 Å². The van der Waals surface area contributed by atoms with Gasteiger partial charge in [0.25, 0.3) is 0 Å². The van der Waals surface area contributed by atoms with Gasteiger partial charge in [-0.25, -0.2) is 4.98 Å². The first-order chi connectivity index (χ1) is 11.8. The molecular formula is C19H15F3N2O. The molecule has 0 fully saturated rings. The Bertz CT molecular complexity index is 961. The molecule has 3 aromatic rings. The van der Waals surface area contributed by atoms with Crippen LogP contribution < -0.4 is 0 Å². The number of alkyl halides is 3. The first-order valence-electron chi connectivity index (χ1n) is 7.57. The Morgan fingerprint density at radius 2 is 1.76 bits per heavy atom. The number of aromatic nitrogens is 2. The number of nitrogens with zero attached hydrogens (tertiary/aromatic N) is 2. The average Bonchev–Trinajstić information content (AvgIpc) is 2.57. The predicted octanol–water partition coefficient (Wildman–Crippen LogP) is 5.14. The third-order valence-corrected chi connectivity index (χ3v) is 3.90. The summed E-state index contributed by atoms with van der Waals surface area (Å²) in [6.07, 6.45) is 0.00335. The maximum Gasteiger partial charge on any atom is 0.433 e. The van der Waals surface area contributed by atoms with Gasteiger partial charge in [0.2, 0.25) is 0 Å². The number of pyridine rings is 2. The fraction of sp³-hybridized carbons (Fsp3) is 0.158. The van der Waals surface area contributed by atoms with Crippen molar-refractivity contribution in [1.29, 1.82) is 0 Å². The van der Waals surface area contributed by atoms with Crippen LogP contribution in [0, 0.1) is 13.8 Å². The van der Waals surface area contributed by atoms with Crippen molar-refractivity contribution in [2.75, 3.05) is 0 Å². The zero-order valence-electron chi connectivity index (χ0n) is 13.6. The lowest BCUT2D eigenvalue weighted by atomic mass is 10.0. The van der Waals surface area contributed by atoms with Crippen LogP contribution in [-0.2, 0) is 6.18 Å². The normalized spacial score (nSPS) is 12.2. The van der Waals surface area contributed by atoms with Crippen LogP contribution in [0.4, 0.5) is 13.2 Å². The molecule has 25 heavy (non-hydrogen) atoms. The lowest BCUT2D eigenvalue weighted by Crippen LogP contribution is -2.07. The minimum atomic E-state index is -4.45. The molecule has 0 saturated carbocycles. The predicted molar refractivity (Wildman–Crippen MR) is 91.0 cm³/mol. The fourth-order valence-electron chi connectivity index (χ4n) is 2.58. The van der Waals surface area contributed by atoms with E-state index >= 15 is 0 Å². The number of fused-ring (bicyclic) bond motifs is 1. The molecule has 6 heteroatoms.